The minimum Gasteiger partial charge on any atom is -0.445 e. The van der Waals surface area contributed by atoms with E-state index in [0.29, 0.717) is 5.69 Å². The zero-order chi connectivity index (χ0) is 22.8. The lowest BCUT2D eigenvalue weighted by molar-refractivity contribution is -0.141. The van der Waals surface area contributed by atoms with Gasteiger partial charge in [0.1, 0.15) is 5.75 Å². The predicted molar refractivity (Wildman–Crippen MR) is 114 cm³/mol. The van der Waals surface area contributed by atoms with Gasteiger partial charge in [0.05, 0.1) is 11.8 Å². The molecular weight excluding hydrogens is 402 g/mol. The first-order valence-electron chi connectivity index (χ1n) is 9.45. The summed E-state index contributed by atoms with van der Waals surface area (Å²) >= 11 is 0. The third-order valence-electron chi connectivity index (χ3n) is 3.87. The zero-order valence-corrected chi connectivity index (χ0v) is 17.2. The lowest BCUT2D eigenvalue weighted by atomic mass is 10.1. The van der Waals surface area contributed by atoms with E-state index < -0.39 is 24.2 Å². The van der Waals surface area contributed by atoms with Crippen molar-refractivity contribution in [2.75, 3.05) is 0 Å². The van der Waals surface area contributed by atoms with Crippen LogP contribution < -0.4 is 21.6 Å². The number of hydrogen-bond donors (Lipinski definition) is 3. The molecule has 2 amide bonds. The molecule has 0 aliphatic rings. The Morgan fingerprint density at radius 2 is 1.84 bits per heavy atom. The largest absolute Gasteiger partial charge is 0.445 e. The van der Waals surface area contributed by atoms with Crippen LogP contribution in [0.15, 0.2) is 59.6 Å². The molecule has 0 spiro atoms. The maximum absolute atomic E-state index is 13.0. The average Bonchev–Trinajstić information content (AvgIpc) is 2.70. The summed E-state index contributed by atoms with van der Waals surface area (Å²) in [5, 5.41) is 0.808. The number of amides is 2. The molecule has 2 rings (SSSR count). The standard InChI is InChI=1S/C21H25N5O5/c1-14(2)30-21(29)26(24-13-27)18(11-15-7-4-3-5-8-15)19(28)31-17-10-6-9-16(12-17)25-20(22)23/h3-10,12-14,18H,11H2,1-2H3,(H,24,27)(H4,22,23,25)/t18-/m0/s1. The Labute approximate surface area is 179 Å². The Hall–Kier alpha value is -4.08. The number of esters is 1. The number of rotatable bonds is 9. The van der Waals surface area contributed by atoms with Crippen LogP contribution in [0.3, 0.4) is 0 Å². The van der Waals surface area contributed by atoms with E-state index in [9.17, 15) is 14.4 Å². The molecule has 1 atom stereocenters. The molecule has 0 unspecified atom stereocenters. The molecule has 31 heavy (non-hydrogen) atoms. The second-order valence-electron chi connectivity index (χ2n) is 6.71. The van der Waals surface area contributed by atoms with Gasteiger partial charge in [-0.2, -0.15) is 0 Å². The first-order valence-corrected chi connectivity index (χ1v) is 9.45. The SMILES string of the molecule is CC(C)OC(=O)N(NC=O)[C@@H](Cc1ccccc1)C(=O)Oc1cccc(N=C(N)N)c1. The van der Waals surface area contributed by atoms with Gasteiger partial charge in [-0.15, -0.1) is 0 Å². The minimum atomic E-state index is -1.20. The van der Waals surface area contributed by atoms with Crippen molar-refractivity contribution in [2.45, 2.75) is 32.4 Å². The van der Waals surface area contributed by atoms with E-state index in [-0.39, 0.29) is 24.5 Å². The predicted octanol–water partition coefficient (Wildman–Crippen LogP) is 1.62. The van der Waals surface area contributed by atoms with Gasteiger partial charge >= 0.3 is 12.1 Å². The molecule has 0 aliphatic carbocycles. The van der Waals surface area contributed by atoms with Crippen molar-refractivity contribution in [3.05, 3.63) is 60.2 Å². The van der Waals surface area contributed by atoms with Crippen LogP contribution in [-0.4, -0.2) is 41.6 Å². The fourth-order valence-corrected chi connectivity index (χ4v) is 2.65. The summed E-state index contributed by atoms with van der Waals surface area (Å²) in [5.41, 5.74) is 14.1. The van der Waals surface area contributed by atoms with Crippen molar-refractivity contribution < 1.29 is 23.9 Å². The number of hydrazine groups is 1. The molecule has 0 fully saturated rings. The van der Waals surface area contributed by atoms with E-state index >= 15 is 0 Å². The van der Waals surface area contributed by atoms with Crippen LogP contribution in [0.2, 0.25) is 0 Å². The van der Waals surface area contributed by atoms with Crippen LogP contribution in [0, 0.1) is 0 Å². The number of benzene rings is 2. The topological polar surface area (TPSA) is 149 Å². The molecule has 2 aromatic carbocycles. The molecular formula is C21H25N5O5. The molecule has 0 aliphatic heterocycles. The van der Waals surface area contributed by atoms with Gasteiger partial charge in [-0.3, -0.25) is 10.2 Å². The van der Waals surface area contributed by atoms with Gasteiger partial charge in [0.2, 0.25) is 6.41 Å². The Morgan fingerprint density at radius 3 is 2.45 bits per heavy atom. The van der Waals surface area contributed by atoms with E-state index in [1.54, 1.807) is 50.2 Å². The summed E-state index contributed by atoms with van der Waals surface area (Å²) in [6.07, 6.45) is -1.00. The molecule has 0 radical (unpaired) electrons. The Kier molecular flexibility index (Phi) is 8.38. The number of nitrogens with two attached hydrogens (primary N) is 2. The summed E-state index contributed by atoms with van der Waals surface area (Å²) in [7, 11) is 0. The Morgan fingerprint density at radius 1 is 1.13 bits per heavy atom. The highest BCUT2D eigenvalue weighted by Crippen LogP contribution is 2.21. The molecule has 164 valence electrons. The second kappa shape index (κ2) is 11.2. The third-order valence-corrected chi connectivity index (χ3v) is 3.87. The maximum Gasteiger partial charge on any atom is 0.429 e. The molecule has 0 saturated carbocycles. The van der Waals surface area contributed by atoms with Gasteiger partial charge in [-0.05, 0) is 31.5 Å². The monoisotopic (exact) mass is 427 g/mol. The van der Waals surface area contributed by atoms with Crippen LogP contribution >= 0.6 is 0 Å². The van der Waals surface area contributed by atoms with Crippen molar-refractivity contribution in [3.8, 4) is 5.75 Å². The highest BCUT2D eigenvalue weighted by atomic mass is 16.6. The number of carbonyl (C=O) groups excluding carboxylic acids is 3. The van der Waals surface area contributed by atoms with Crippen LogP contribution in [0.1, 0.15) is 19.4 Å². The summed E-state index contributed by atoms with van der Waals surface area (Å²) < 4.78 is 10.6. The molecule has 0 saturated heterocycles. The van der Waals surface area contributed by atoms with Crippen LogP contribution in [0.25, 0.3) is 0 Å². The third kappa shape index (κ3) is 7.35. The minimum absolute atomic E-state index is 0.0707. The fourth-order valence-electron chi connectivity index (χ4n) is 2.65. The number of hydrogen-bond acceptors (Lipinski definition) is 6. The normalized spacial score (nSPS) is 11.2. The summed E-state index contributed by atoms with van der Waals surface area (Å²) in [6, 6.07) is 14.0. The second-order valence-corrected chi connectivity index (χ2v) is 6.71. The molecule has 0 bridgehead atoms. The molecule has 5 N–H and O–H groups in total. The van der Waals surface area contributed by atoms with Crippen LogP contribution in [0.5, 0.6) is 5.75 Å². The van der Waals surface area contributed by atoms with Gasteiger partial charge in [0.15, 0.2) is 12.0 Å². The summed E-state index contributed by atoms with van der Waals surface area (Å²) in [5.74, 6) is -0.780. The van der Waals surface area contributed by atoms with Crippen molar-refractivity contribution in [3.63, 3.8) is 0 Å². The number of aliphatic imine (C=N–C) groups is 1. The number of guanidine groups is 1. The fraction of sp³-hybridized carbons (Fsp3) is 0.238. The van der Waals surface area contributed by atoms with Crippen molar-refractivity contribution in [1.82, 2.24) is 10.4 Å². The van der Waals surface area contributed by atoms with Gasteiger partial charge in [0.25, 0.3) is 0 Å². The average molecular weight is 427 g/mol. The van der Waals surface area contributed by atoms with Crippen molar-refractivity contribution >= 4 is 30.1 Å². The molecule has 0 heterocycles. The Balaban J connectivity index is 2.34. The summed E-state index contributed by atoms with van der Waals surface area (Å²) in [6.45, 7) is 3.30. The maximum atomic E-state index is 13.0. The van der Waals surface area contributed by atoms with E-state index in [1.807, 2.05) is 6.07 Å². The first kappa shape index (κ1) is 23.2. The molecule has 10 heteroatoms. The lowest BCUT2D eigenvalue weighted by Crippen LogP contribution is -2.55. The highest BCUT2D eigenvalue weighted by molar-refractivity contribution is 5.84. The number of nitrogens with one attached hydrogen (secondary N) is 1. The van der Waals surface area contributed by atoms with Crippen molar-refractivity contribution in [1.29, 1.82) is 0 Å². The first-order chi connectivity index (χ1) is 14.8. The molecule has 0 aromatic heterocycles. The number of carbonyl (C=O) groups is 3. The van der Waals surface area contributed by atoms with Crippen LogP contribution in [-0.2, 0) is 20.7 Å². The van der Waals surface area contributed by atoms with Gasteiger partial charge in [-0.25, -0.2) is 19.6 Å². The van der Waals surface area contributed by atoms with Crippen LogP contribution in [0.4, 0.5) is 10.5 Å². The molecule has 10 nitrogen and oxygen atoms in total. The zero-order valence-electron chi connectivity index (χ0n) is 17.2. The molecule has 2 aromatic rings. The summed E-state index contributed by atoms with van der Waals surface area (Å²) in [4.78, 5) is 40.6. The van der Waals surface area contributed by atoms with E-state index in [4.69, 9.17) is 20.9 Å². The van der Waals surface area contributed by atoms with E-state index in [0.717, 1.165) is 10.6 Å². The number of ether oxygens (including phenoxy) is 2. The quantitative estimate of drug-likeness (QED) is 0.137. The van der Waals surface area contributed by atoms with E-state index in [2.05, 4.69) is 10.4 Å². The number of nitrogens with zero attached hydrogens (tertiary/aromatic N) is 2. The lowest BCUT2D eigenvalue weighted by Gasteiger charge is -2.29. The van der Waals surface area contributed by atoms with Gasteiger partial charge < -0.3 is 20.9 Å². The van der Waals surface area contributed by atoms with E-state index in [1.165, 1.54) is 12.1 Å². The van der Waals surface area contributed by atoms with Gasteiger partial charge in [0, 0.05) is 12.5 Å². The van der Waals surface area contributed by atoms with Gasteiger partial charge in [-0.1, -0.05) is 36.4 Å². The highest BCUT2D eigenvalue weighted by Gasteiger charge is 2.33. The Bertz CT molecular complexity index is 929. The van der Waals surface area contributed by atoms with Crippen molar-refractivity contribution in [2.24, 2.45) is 16.5 Å². The smallest absolute Gasteiger partial charge is 0.429 e.